The van der Waals surface area contributed by atoms with Gasteiger partial charge in [0.25, 0.3) is 0 Å². The Morgan fingerprint density at radius 3 is 1.94 bits per heavy atom. The molecule has 6 nitrogen and oxygen atoms in total. The van der Waals surface area contributed by atoms with Gasteiger partial charge in [0, 0.05) is 6.08 Å². The summed E-state index contributed by atoms with van der Waals surface area (Å²) in [7, 11) is -2.51. The van der Waals surface area contributed by atoms with Crippen LogP contribution in [0.4, 0.5) is 18.0 Å². The normalized spacial score (nSPS) is 15.2. The number of ether oxygens (including phenoxy) is 1. The maximum absolute atomic E-state index is 13.1. The number of carbonyl (C=O) groups is 2. The first-order valence-corrected chi connectivity index (χ1v) is 13.4. The molecule has 0 aliphatic carbocycles. The molecule has 0 radical (unpaired) electrons. The minimum absolute atomic E-state index is 0.260. The van der Waals surface area contributed by atoms with Gasteiger partial charge in [0.2, 0.25) is 0 Å². The summed E-state index contributed by atoms with van der Waals surface area (Å²) < 4.78 is 51.0. The lowest BCUT2D eigenvalue weighted by Gasteiger charge is -2.41. The quantitative estimate of drug-likeness (QED) is 0.347. The number of nitrogens with one attached hydrogen (secondary N) is 1. The predicted octanol–water partition coefficient (Wildman–Crippen LogP) is 6.30. The van der Waals surface area contributed by atoms with Crippen LogP contribution in [0.25, 0.3) is 0 Å². The number of alkyl halides is 3. The van der Waals surface area contributed by atoms with Crippen molar-refractivity contribution < 1.29 is 37.0 Å². The van der Waals surface area contributed by atoms with Crippen LogP contribution in [0.5, 0.6) is 0 Å². The number of hydrogen-bond acceptors (Lipinski definition) is 4. The lowest BCUT2D eigenvalue weighted by molar-refractivity contribution is -0.137. The van der Waals surface area contributed by atoms with Crippen LogP contribution in [-0.2, 0) is 20.1 Å². The van der Waals surface area contributed by atoms with E-state index in [0.29, 0.717) is 5.56 Å². The number of benzene rings is 1. The fourth-order valence-electron chi connectivity index (χ4n) is 2.56. The van der Waals surface area contributed by atoms with Crippen molar-refractivity contribution >= 4 is 20.4 Å². The first kappa shape index (κ1) is 28.7. The molecule has 2 atom stereocenters. The molecule has 1 rings (SSSR count). The number of carbonyl (C=O) groups excluding carboxylic acids is 1. The largest absolute Gasteiger partial charge is 0.478 e. The van der Waals surface area contributed by atoms with E-state index in [1.807, 2.05) is 33.9 Å². The van der Waals surface area contributed by atoms with E-state index in [-0.39, 0.29) is 5.04 Å². The number of rotatable bonds is 7. The predicted molar refractivity (Wildman–Crippen MR) is 122 cm³/mol. The minimum atomic E-state index is -4.51. The van der Waals surface area contributed by atoms with Gasteiger partial charge in [-0.1, -0.05) is 39.0 Å². The topological polar surface area (TPSA) is 84.9 Å². The average molecular weight is 490 g/mol. The van der Waals surface area contributed by atoms with Gasteiger partial charge < -0.3 is 19.6 Å². The number of carboxylic acid groups (broad SMARTS) is 1. The molecule has 10 heteroatoms. The van der Waals surface area contributed by atoms with Gasteiger partial charge in [-0.3, -0.25) is 0 Å². The van der Waals surface area contributed by atoms with E-state index in [2.05, 4.69) is 5.32 Å². The van der Waals surface area contributed by atoms with Crippen LogP contribution < -0.4 is 5.32 Å². The molecule has 0 aromatic heterocycles. The van der Waals surface area contributed by atoms with Crippen molar-refractivity contribution in [1.82, 2.24) is 5.32 Å². The van der Waals surface area contributed by atoms with Crippen molar-refractivity contribution in [1.29, 1.82) is 0 Å². The van der Waals surface area contributed by atoms with Crippen molar-refractivity contribution in [3.63, 3.8) is 0 Å². The molecule has 0 aliphatic rings. The third-order valence-electron chi connectivity index (χ3n) is 5.25. The lowest BCUT2D eigenvalue weighted by Crippen LogP contribution is -2.48. The average Bonchev–Trinajstić information content (AvgIpc) is 2.60. The number of hydrogen-bond donors (Lipinski definition) is 2. The first-order valence-electron chi connectivity index (χ1n) is 10.5. The fraction of sp³-hybridized carbons (Fsp3) is 0.565. The molecule has 1 amide bonds. The molecule has 1 aromatic carbocycles. The van der Waals surface area contributed by atoms with E-state index in [4.69, 9.17) is 14.3 Å². The second-order valence-electron chi connectivity index (χ2n) is 10.3. The summed E-state index contributed by atoms with van der Waals surface area (Å²) in [5.41, 5.74) is -1.27. The highest BCUT2D eigenvalue weighted by atomic mass is 28.4. The molecular weight excluding hydrogens is 455 g/mol. The van der Waals surface area contributed by atoms with Crippen molar-refractivity contribution in [2.75, 3.05) is 0 Å². The fourth-order valence-corrected chi connectivity index (χ4v) is 3.83. The van der Waals surface area contributed by atoms with Gasteiger partial charge in [0.15, 0.2) is 8.32 Å². The van der Waals surface area contributed by atoms with E-state index in [1.54, 1.807) is 20.8 Å². The maximum Gasteiger partial charge on any atom is 0.416 e. The molecule has 0 spiro atoms. The van der Waals surface area contributed by atoms with Gasteiger partial charge >= 0.3 is 18.2 Å². The van der Waals surface area contributed by atoms with Gasteiger partial charge in [0.1, 0.15) is 5.60 Å². The molecule has 1 aromatic rings. The smallest absolute Gasteiger partial charge is 0.416 e. The Balaban J connectivity index is 3.51. The Kier molecular flexibility index (Phi) is 8.95. The van der Waals surface area contributed by atoms with E-state index < -0.39 is 49.9 Å². The van der Waals surface area contributed by atoms with Crippen LogP contribution >= 0.6 is 0 Å². The lowest BCUT2D eigenvalue weighted by atomic mass is 10.0. The zero-order valence-electron chi connectivity index (χ0n) is 20.3. The SMILES string of the molecule is CC(C)(C)OC(=O)NC(C=CC(=O)O)C(O[Si](C)(C)C(C)(C)C)c1ccc(C(F)(F)F)cc1. The summed E-state index contributed by atoms with van der Waals surface area (Å²) in [6.07, 6.45) is -4.17. The standard InChI is InChI=1S/C23H34F3NO5Si/c1-21(2,3)31-20(30)27-17(13-14-18(28)29)19(32-33(7,8)22(4,5)6)15-9-11-16(12-10-15)23(24,25)26/h9-14,17,19H,1-8H3,(H,27,30)(H,28,29). The van der Waals surface area contributed by atoms with E-state index >= 15 is 0 Å². The Bertz CT molecular complexity index is 853. The van der Waals surface area contributed by atoms with Crippen molar-refractivity contribution in [2.24, 2.45) is 0 Å². The summed E-state index contributed by atoms with van der Waals surface area (Å²) in [6, 6.07) is 3.41. The van der Waals surface area contributed by atoms with Crippen LogP contribution in [0, 0.1) is 0 Å². The van der Waals surface area contributed by atoms with Crippen LogP contribution in [0.1, 0.15) is 58.8 Å². The van der Waals surface area contributed by atoms with Crippen molar-refractivity contribution in [3.8, 4) is 0 Å². The van der Waals surface area contributed by atoms with Gasteiger partial charge in [-0.2, -0.15) is 13.2 Å². The summed E-state index contributed by atoms with van der Waals surface area (Å²) in [6.45, 7) is 14.9. The molecule has 0 saturated heterocycles. The van der Waals surface area contributed by atoms with Gasteiger partial charge in [-0.15, -0.1) is 0 Å². The van der Waals surface area contributed by atoms with Crippen molar-refractivity contribution in [3.05, 3.63) is 47.5 Å². The Morgan fingerprint density at radius 1 is 1.03 bits per heavy atom. The van der Waals surface area contributed by atoms with Crippen molar-refractivity contribution in [2.45, 2.75) is 83.6 Å². The number of carboxylic acids is 1. The summed E-state index contributed by atoms with van der Waals surface area (Å²) in [4.78, 5) is 23.7. The number of halogens is 3. The Labute approximate surface area is 194 Å². The second-order valence-corrected chi connectivity index (χ2v) is 15.0. The van der Waals surface area contributed by atoms with Crippen LogP contribution in [0.2, 0.25) is 18.1 Å². The zero-order chi connectivity index (χ0) is 25.8. The van der Waals surface area contributed by atoms with E-state index in [0.717, 1.165) is 18.2 Å². The summed E-state index contributed by atoms with van der Waals surface area (Å²) in [5, 5.41) is 11.5. The third-order valence-corrected chi connectivity index (χ3v) is 9.71. The van der Waals surface area contributed by atoms with Gasteiger partial charge in [-0.25, -0.2) is 9.59 Å². The number of alkyl carbamates (subject to hydrolysis) is 1. The minimum Gasteiger partial charge on any atom is -0.478 e. The number of amides is 1. The molecular formula is C23H34F3NO5Si. The van der Waals surface area contributed by atoms with Gasteiger partial charge in [-0.05, 0) is 56.6 Å². The molecule has 0 bridgehead atoms. The first-order chi connectivity index (χ1) is 14.7. The highest BCUT2D eigenvalue weighted by Crippen LogP contribution is 2.41. The van der Waals surface area contributed by atoms with Crippen LogP contribution in [0.15, 0.2) is 36.4 Å². The molecule has 0 aliphatic heterocycles. The summed E-state index contributed by atoms with van der Waals surface area (Å²) in [5.74, 6) is -1.25. The van der Waals surface area contributed by atoms with Crippen LogP contribution in [0.3, 0.4) is 0 Å². The molecule has 0 heterocycles. The molecule has 0 fully saturated rings. The zero-order valence-corrected chi connectivity index (χ0v) is 21.3. The third kappa shape index (κ3) is 9.21. The van der Waals surface area contributed by atoms with E-state index in [1.165, 1.54) is 18.2 Å². The molecule has 2 N–H and O–H groups in total. The molecule has 2 unspecified atom stereocenters. The Morgan fingerprint density at radius 2 is 1.55 bits per heavy atom. The maximum atomic E-state index is 13.1. The highest BCUT2D eigenvalue weighted by Gasteiger charge is 2.41. The van der Waals surface area contributed by atoms with Gasteiger partial charge in [0.05, 0.1) is 17.7 Å². The second kappa shape index (κ2) is 10.3. The summed E-state index contributed by atoms with van der Waals surface area (Å²) >= 11 is 0. The number of aliphatic carboxylic acids is 1. The molecule has 33 heavy (non-hydrogen) atoms. The van der Waals surface area contributed by atoms with E-state index in [9.17, 15) is 22.8 Å². The highest BCUT2D eigenvalue weighted by molar-refractivity contribution is 6.74. The van der Waals surface area contributed by atoms with Crippen LogP contribution in [-0.4, -0.2) is 37.1 Å². The Hall–Kier alpha value is -2.33. The monoisotopic (exact) mass is 489 g/mol. The molecule has 186 valence electrons. The molecule has 0 saturated carbocycles.